The summed E-state index contributed by atoms with van der Waals surface area (Å²) in [5, 5.41) is 0. The number of hydrogen-bond acceptors (Lipinski definition) is 4. The highest BCUT2D eigenvalue weighted by Crippen LogP contribution is 2.25. The molecule has 0 radical (unpaired) electrons. The van der Waals surface area contributed by atoms with Crippen LogP contribution in [0, 0.1) is 6.92 Å². The predicted molar refractivity (Wildman–Crippen MR) is 126 cm³/mol. The Labute approximate surface area is 189 Å². The van der Waals surface area contributed by atoms with E-state index < -0.39 is 11.2 Å². The van der Waals surface area contributed by atoms with Crippen LogP contribution in [0.3, 0.4) is 0 Å². The minimum Gasteiger partial charge on any atom is -0.307 e. The van der Waals surface area contributed by atoms with Crippen molar-refractivity contribution in [1.82, 2.24) is 23.1 Å². The van der Waals surface area contributed by atoms with Gasteiger partial charge in [-0.15, -0.1) is 0 Å². The molecule has 0 saturated carbocycles. The van der Waals surface area contributed by atoms with E-state index in [1.54, 1.807) is 41.8 Å². The van der Waals surface area contributed by atoms with Crippen molar-refractivity contribution in [1.29, 1.82) is 0 Å². The van der Waals surface area contributed by atoms with Crippen LogP contribution in [0.25, 0.3) is 16.9 Å². The zero-order valence-corrected chi connectivity index (χ0v) is 18.6. The number of aryl methyl sites for hydroxylation is 2. The Kier molecular flexibility index (Phi) is 4.85. The smallest absolute Gasteiger partial charge is 0.307 e. The first-order valence-electron chi connectivity index (χ1n) is 10.7. The zero-order chi connectivity index (χ0) is 23.3. The van der Waals surface area contributed by atoms with Crippen molar-refractivity contribution in [2.24, 2.45) is 7.05 Å². The summed E-state index contributed by atoms with van der Waals surface area (Å²) in [7, 11) is 1.57. The van der Waals surface area contributed by atoms with Gasteiger partial charge in [-0.3, -0.25) is 23.1 Å². The lowest BCUT2D eigenvalue weighted by Gasteiger charge is -2.16. The van der Waals surface area contributed by atoms with Gasteiger partial charge in [0.05, 0.1) is 12.6 Å². The number of carbonyl (C=O) groups excluding carboxylic acids is 1. The zero-order valence-electron chi connectivity index (χ0n) is 18.6. The van der Waals surface area contributed by atoms with Crippen LogP contribution in [0.4, 0.5) is 0 Å². The Balaban J connectivity index is 1.71. The third kappa shape index (κ3) is 3.22. The van der Waals surface area contributed by atoms with E-state index in [9.17, 15) is 14.4 Å². The molecule has 8 heteroatoms. The van der Waals surface area contributed by atoms with E-state index in [2.05, 4.69) is 11.9 Å². The number of carbonyl (C=O) groups is 1. The minimum absolute atomic E-state index is 0.0283. The van der Waals surface area contributed by atoms with Crippen molar-refractivity contribution in [2.45, 2.75) is 26.4 Å². The first-order valence-corrected chi connectivity index (χ1v) is 10.7. The van der Waals surface area contributed by atoms with Gasteiger partial charge in [0.1, 0.15) is 0 Å². The second kappa shape index (κ2) is 7.74. The molecule has 33 heavy (non-hydrogen) atoms. The number of rotatable bonds is 5. The molecule has 0 amide bonds. The molecule has 0 bridgehead atoms. The maximum Gasteiger partial charge on any atom is 0.332 e. The molecule has 8 nitrogen and oxygen atoms in total. The molecule has 0 unspecified atom stereocenters. The lowest BCUT2D eigenvalue weighted by molar-refractivity contribution is 0.0969. The molecule has 3 heterocycles. The summed E-state index contributed by atoms with van der Waals surface area (Å²) in [5.41, 5.74) is 1.93. The number of aromatic nitrogens is 5. The Morgan fingerprint density at radius 1 is 1.00 bits per heavy atom. The number of ketones is 1. The van der Waals surface area contributed by atoms with Crippen molar-refractivity contribution in [3.63, 3.8) is 0 Å². The number of imidazole rings is 2. The van der Waals surface area contributed by atoms with Crippen molar-refractivity contribution in [2.75, 3.05) is 0 Å². The number of benzene rings is 2. The molecule has 1 atom stereocenters. The lowest BCUT2D eigenvalue weighted by atomic mass is 10.1. The van der Waals surface area contributed by atoms with Gasteiger partial charge in [-0.2, -0.15) is 4.98 Å². The van der Waals surface area contributed by atoms with Gasteiger partial charge in [0, 0.05) is 24.5 Å². The van der Waals surface area contributed by atoms with Gasteiger partial charge in [-0.05, 0) is 19.4 Å². The largest absolute Gasteiger partial charge is 0.332 e. The summed E-state index contributed by atoms with van der Waals surface area (Å²) < 4.78 is 6.07. The average molecular weight is 441 g/mol. The molecular formula is C25H23N5O3. The molecule has 0 fully saturated rings. The SMILES string of the molecule is Cc1cn2c3c(=O)n(CC(=O)c4ccccc4)c(=O)n(C)c3nc2n1[C@@H](C)c1ccccc1. The van der Waals surface area contributed by atoms with E-state index in [1.165, 1.54) is 4.57 Å². The van der Waals surface area contributed by atoms with Crippen LogP contribution in [-0.2, 0) is 13.6 Å². The van der Waals surface area contributed by atoms with Gasteiger partial charge in [0.15, 0.2) is 16.9 Å². The van der Waals surface area contributed by atoms with Crippen LogP contribution in [0.5, 0.6) is 0 Å². The quantitative estimate of drug-likeness (QED) is 0.393. The van der Waals surface area contributed by atoms with Gasteiger partial charge < -0.3 is 4.57 Å². The van der Waals surface area contributed by atoms with E-state index in [4.69, 9.17) is 0 Å². The van der Waals surface area contributed by atoms with Gasteiger partial charge in [-0.25, -0.2) is 4.79 Å². The minimum atomic E-state index is -0.572. The standard InChI is InChI=1S/C25H23N5O3/c1-16-14-28-21-22(26-24(28)30(16)17(2)18-10-6-4-7-11-18)27(3)25(33)29(23(21)32)15-20(31)19-12-8-5-9-13-19/h4-14,17H,15H2,1-3H3/t17-/m0/s1. The Morgan fingerprint density at radius 2 is 1.64 bits per heavy atom. The van der Waals surface area contributed by atoms with Crippen molar-refractivity contribution in [3.8, 4) is 0 Å². The second-order valence-corrected chi connectivity index (χ2v) is 8.20. The number of fused-ring (bicyclic) bond motifs is 3. The first kappa shape index (κ1) is 20.7. The van der Waals surface area contributed by atoms with Crippen LogP contribution in [0.15, 0.2) is 76.4 Å². The monoisotopic (exact) mass is 441 g/mol. The normalized spacial score (nSPS) is 12.5. The summed E-state index contributed by atoms with van der Waals surface area (Å²) in [4.78, 5) is 43.8. The maximum atomic E-state index is 13.4. The predicted octanol–water partition coefficient (Wildman–Crippen LogP) is 2.95. The van der Waals surface area contributed by atoms with Gasteiger partial charge >= 0.3 is 5.69 Å². The van der Waals surface area contributed by atoms with Crippen LogP contribution in [0.1, 0.15) is 34.6 Å². The molecule has 3 aromatic heterocycles. The van der Waals surface area contributed by atoms with Crippen LogP contribution in [0.2, 0.25) is 0 Å². The van der Waals surface area contributed by atoms with Gasteiger partial charge in [0.2, 0.25) is 5.78 Å². The van der Waals surface area contributed by atoms with E-state index in [-0.39, 0.29) is 29.5 Å². The molecule has 5 aromatic rings. The number of Topliss-reactive ketones (excluding diaryl/α,β-unsaturated/α-hetero) is 1. The van der Waals surface area contributed by atoms with E-state index in [0.717, 1.165) is 15.8 Å². The highest BCUT2D eigenvalue weighted by Gasteiger charge is 2.23. The van der Waals surface area contributed by atoms with E-state index >= 15 is 0 Å². The number of nitrogens with zero attached hydrogens (tertiary/aromatic N) is 5. The van der Waals surface area contributed by atoms with E-state index in [1.807, 2.05) is 48.0 Å². The summed E-state index contributed by atoms with van der Waals surface area (Å²) in [6.07, 6.45) is 1.85. The third-order valence-electron chi connectivity index (χ3n) is 6.14. The molecule has 166 valence electrons. The van der Waals surface area contributed by atoms with Gasteiger partial charge in [0.25, 0.3) is 5.56 Å². The molecule has 0 spiro atoms. The van der Waals surface area contributed by atoms with Crippen molar-refractivity contribution >= 4 is 22.7 Å². The Morgan fingerprint density at radius 3 is 2.30 bits per heavy atom. The topological polar surface area (TPSA) is 83.3 Å². The summed E-state index contributed by atoms with van der Waals surface area (Å²) in [6.45, 7) is 3.69. The molecule has 0 aliphatic heterocycles. The number of hydrogen-bond donors (Lipinski definition) is 0. The van der Waals surface area contributed by atoms with Crippen molar-refractivity contribution < 1.29 is 4.79 Å². The highest BCUT2D eigenvalue weighted by molar-refractivity contribution is 5.95. The molecule has 0 aliphatic rings. The Hall–Kier alpha value is -4.20. The fourth-order valence-corrected chi connectivity index (χ4v) is 4.38. The second-order valence-electron chi connectivity index (χ2n) is 8.20. The summed E-state index contributed by atoms with van der Waals surface area (Å²) in [5.74, 6) is 0.263. The highest BCUT2D eigenvalue weighted by atomic mass is 16.2. The first-order chi connectivity index (χ1) is 15.9. The molecule has 5 rings (SSSR count). The van der Waals surface area contributed by atoms with E-state index in [0.29, 0.717) is 11.3 Å². The van der Waals surface area contributed by atoms with Crippen LogP contribution >= 0.6 is 0 Å². The molecule has 2 aromatic carbocycles. The van der Waals surface area contributed by atoms with Crippen molar-refractivity contribution in [3.05, 3.63) is 105 Å². The fraction of sp³-hybridized carbons (Fsp3) is 0.200. The maximum absolute atomic E-state index is 13.4. The molecule has 0 saturated heterocycles. The van der Waals surface area contributed by atoms with Gasteiger partial charge in [-0.1, -0.05) is 60.7 Å². The lowest BCUT2D eigenvalue weighted by Crippen LogP contribution is -2.41. The van der Waals surface area contributed by atoms with Crippen LogP contribution < -0.4 is 11.2 Å². The van der Waals surface area contributed by atoms with Crippen LogP contribution in [-0.4, -0.2) is 28.9 Å². The molecule has 0 aliphatic carbocycles. The molecular weight excluding hydrogens is 418 g/mol. The molecule has 0 N–H and O–H groups in total. The Bertz CT molecular complexity index is 1620. The average Bonchev–Trinajstić information content (AvgIpc) is 3.35. The summed E-state index contributed by atoms with van der Waals surface area (Å²) >= 11 is 0. The fourth-order valence-electron chi connectivity index (χ4n) is 4.38. The summed E-state index contributed by atoms with van der Waals surface area (Å²) in [6, 6.07) is 18.6. The third-order valence-corrected chi connectivity index (χ3v) is 6.14.